The molecule has 5 nitrogen and oxygen atoms in total. The lowest BCUT2D eigenvalue weighted by Crippen LogP contribution is -2.36. The Labute approximate surface area is 131 Å². The largest absolute Gasteiger partial charge is 0.369 e. The lowest BCUT2D eigenvalue weighted by molar-refractivity contribution is 0.376. The Kier molecular flexibility index (Phi) is 4.20. The van der Waals surface area contributed by atoms with E-state index in [1.807, 2.05) is 35.3 Å². The summed E-state index contributed by atoms with van der Waals surface area (Å²) in [5, 5.41) is 4.34. The van der Waals surface area contributed by atoms with Crippen molar-refractivity contribution >= 4 is 15.5 Å². The molecule has 6 heteroatoms. The molecule has 1 aliphatic rings. The molecule has 0 aliphatic carbocycles. The first-order chi connectivity index (χ1) is 10.6. The van der Waals surface area contributed by atoms with Crippen molar-refractivity contribution in [3.8, 4) is 0 Å². The zero-order valence-corrected chi connectivity index (χ0v) is 13.5. The van der Waals surface area contributed by atoms with Crippen LogP contribution in [0.4, 0.5) is 5.69 Å². The highest BCUT2D eigenvalue weighted by Crippen LogP contribution is 2.26. The summed E-state index contributed by atoms with van der Waals surface area (Å²) in [5.41, 5.74) is 1.08. The van der Waals surface area contributed by atoms with Gasteiger partial charge in [0, 0.05) is 31.2 Å². The van der Waals surface area contributed by atoms with Gasteiger partial charge in [0.25, 0.3) is 0 Å². The van der Waals surface area contributed by atoms with Crippen LogP contribution in [0.3, 0.4) is 0 Å². The highest BCUT2D eigenvalue weighted by molar-refractivity contribution is 7.91. The Morgan fingerprint density at radius 1 is 1.27 bits per heavy atom. The van der Waals surface area contributed by atoms with E-state index in [9.17, 15) is 8.42 Å². The fourth-order valence-electron chi connectivity index (χ4n) is 2.93. The second-order valence-corrected chi connectivity index (χ2v) is 7.90. The summed E-state index contributed by atoms with van der Waals surface area (Å²) in [6.07, 6.45) is 6.05. The third-order valence-electron chi connectivity index (χ3n) is 4.24. The molecule has 0 unspecified atom stereocenters. The fraction of sp³-hybridized carbons (Fsp3) is 0.438. The van der Waals surface area contributed by atoms with Crippen molar-refractivity contribution in [3.63, 3.8) is 0 Å². The molecule has 1 aromatic carbocycles. The Morgan fingerprint density at radius 3 is 2.68 bits per heavy atom. The number of sulfone groups is 1. The number of nitrogens with zero attached hydrogens (tertiary/aromatic N) is 3. The molecule has 0 amide bonds. The average molecular weight is 319 g/mol. The number of benzene rings is 1. The zero-order valence-electron chi connectivity index (χ0n) is 12.7. The molecule has 2 heterocycles. The second kappa shape index (κ2) is 6.12. The van der Waals surface area contributed by atoms with Gasteiger partial charge in [-0.3, -0.25) is 4.68 Å². The second-order valence-electron chi connectivity index (χ2n) is 5.63. The summed E-state index contributed by atoms with van der Waals surface area (Å²) in [5.74, 6) is 0.136. The van der Waals surface area contributed by atoms with E-state index in [2.05, 4.69) is 10.00 Å². The minimum atomic E-state index is -3.12. The van der Waals surface area contributed by atoms with Crippen LogP contribution in [0.1, 0.15) is 25.8 Å². The predicted molar refractivity (Wildman–Crippen MR) is 86.9 cm³/mol. The van der Waals surface area contributed by atoms with Crippen LogP contribution >= 0.6 is 0 Å². The number of rotatable bonds is 4. The van der Waals surface area contributed by atoms with E-state index in [0.717, 1.165) is 31.6 Å². The van der Waals surface area contributed by atoms with E-state index in [1.54, 1.807) is 19.1 Å². The van der Waals surface area contributed by atoms with Gasteiger partial charge in [-0.15, -0.1) is 0 Å². The van der Waals surface area contributed by atoms with Gasteiger partial charge in [0.15, 0.2) is 9.84 Å². The zero-order chi connectivity index (χ0) is 15.6. The molecule has 1 saturated heterocycles. The Hall–Kier alpha value is -1.82. The van der Waals surface area contributed by atoms with Gasteiger partial charge >= 0.3 is 0 Å². The molecule has 0 bridgehead atoms. The van der Waals surface area contributed by atoms with Crippen LogP contribution in [0.25, 0.3) is 0 Å². The molecule has 2 aromatic rings. The lowest BCUT2D eigenvalue weighted by atomic mass is 10.1. The predicted octanol–water partition coefficient (Wildman–Crippen LogP) is 2.52. The minimum absolute atomic E-state index is 0.136. The van der Waals surface area contributed by atoms with E-state index >= 15 is 0 Å². The van der Waals surface area contributed by atoms with E-state index in [0.29, 0.717) is 10.9 Å². The first-order valence-electron chi connectivity index (χ1n) is 7.67. The molecule has 1 aromatic heterocycles. The molecule has 1 atom stereocenters. The monoisotopic (exact) mass is 319 g/mol. The maximum atomic E-state index is 11.9. The van der Waals surface area contributed by atoms with Crippen molar-refractivity contribution in [2.45, 2.75) is 30.7 Å². The highest BCUT2D eigenvalue weighted by atomic mass is 32.2. The molecular formula is C16H21N3O2S. The van der Waals surface area contributed by atoms with E-state index in [4.69, 9.17) is 0 Å². The van der Waals surface area contributed by atoms with Gasteiger partial charge in [-0.2, -0.15) is 5.10 Å². The van der Waals surface area contributed by atoms with Crippen molar-refractivity contribution in [1.82, 2.24) is 9.78 Å². The summed E-state index contributed by atoms with van der Waals surface area (Å²) < 4.78 is 25.8. The number of aromatic nitrogens is 2. The van der Waals surface area contributed by atoms with E-state index in [1.165, 1.54) is 0 Å². The molecular weight excluding hydrogens is 298 g/mol. The quantitative estimate of drug-likeness (QED) is 0.869. The third-order valence-corrected chi connectivity index (χ3v) is 5.99. The molecule has 0 radical (unpaired) electrons. The number of piperidine rings is 1. The third kappa shape index (κ3) is 3.02. The Balaban J connectivity index is 1.76. The summed E-state index contributed by atoms with van der Waals surface area (Å²) >= 11 is 0. The van der Waals surface area contributed by atoms with E-state index < -0.39 is 9.84 Å². The SMILES string of the molecule is CCS(=O)(=O)c1ccc(N2CCC[C@@H](n3cccn3)C2)cc1. The van der Waals surface area contributed by atoms with Gasteiger partial charge in [0.2, 0.25) is 0 Å². The summed E-state index contributed by atoms with van der Waals surface area (Å²) in [6.45, 7) is 3.57. The maximum Gasteiger partial charge on any atom is 0.178 e. The fourth-order valence-corrected chi connectivity index (χ4v) is 3.82. The van der Waals surface area contributed by atoms with Crippen LogP contribution in [-0.4, -0.2) is 37.0 Å². The van der Waals surface area contributed by atoms with Crippen molar-refractivity contribution in [2.75, 3.05) is 23.7 Å². The molecule has 0 N–H and O–H groups in total. The van der Waals surface area contributed by atoms with Crippen molar-refractivity contribution in [1.29, 1.82) is 0 Å². The first kappa shape index (κ1) is 15.1. The smallest absolute Gasteiger partial charge is 0.178 e. The van der Waals surface area contributed by atoms with Crippen molar-refractivity contribution < 1.29 is 8.42 Å². The maximum absolute atomic E-state index is 11.9. The van der Waals surface area contributed by atoms with Crippen LogP contribution in [0.5, 0.6) is 0 Å². The first-order valence-corrected chi connectivity index (χ1v) is 9.32. The van der Waals surface area contributed by atoms with Gasteiger partial charge in [-0.05, 0) is 43.2 Å². The van der Waals surface area contributed by atoms with Gasteiger partial charge in [-0.1, -0.05) is 6.92 Å². The summed E-state index contributed by atoms with van der Waals surface area (Å²) in [6, 6.07) is 9.57. The molecule has 118 valence electrons. The average Bonchev–Trinajstić information content (AvgIpc) is 3.10. The van der Waals surface area contributed by atoms with Crippen LogP contribution < -0.4 is 4.90 Å². The lowest BCUT2D eigenvalue weighted by Gasteiger charge is -2.34. The molecule has 22 heavy (non-hydrogen) atoms. The minimum Gasteiger partial charge on any atom is -0.369 e. The molecule has 0 saturated carbocycles. The Bertz CT molecular complexity index is 708. The van der Waals surface area contributed by atoms with Crippen LogP contribution in [0.15, 0.2) is 47.6 Å². The van der Waals surface area contributed by atoms with Crippen molar-refractivity contribution in [2.24, 2.45) is 0 Å². The van der Waals surface area contributed by atoms with Crippen molar-refractivity contribution in [3.05, 3.63) is 42.7 Å². The topological polar surface area (TPSA) is 55.2 Å². The van der Waals surface area contributed by atoms with Gasteiger partial charge in [-0.25, -0.2) is 8.42 Å². The highest BCUT2D eigenvalue weighted by Gasteiger charge is 2.22. The van der Waals surface area contributed by atoms with Crippen LogP contribution in [0.2, 0.25) is 0 Å². The molecule has 0 spiro atoms. The molecule has 3 rings (SSSR count). The summed E-state index contributed by atoms with van der Waals surface area (Å²) in [7, 11) is -3.12. The van der Waals surface area contributed by atoms with Gasteiger partial charge in [0.1, 0.15) is 0 Å². The summed E-state index contributed by atoms with van der Waals surface area (Å²) in [4.78, 5) is 2.71. The number of anilines is 1. The van der Waals surface area contributed by atoms with Gasteiger partial charge in [0.05, 0.1) is 16.7 Å². The Morgan fingerprint density at radius 2 is 2.05 bits per heavy atom. The molecule has 1 aliphatic heterocycles. The number of hydrogen-bond acceptors (Lipinski definition) is 4. The van der Waals surface area contributed by atoms with Gasteiger partial charge < -0.3 is 4.90 Å². The molecule has 1 fully saturated rings. The van der Waals surface area contributed by atoms with Crippen LogP contribution in [0, 0.1) is 0 Å². The number of hydrogen-bond donors (Lipinski definition) is 0. The van der Waals surface area contributed by atoms with E-state index in [-0.39, 0.29) is 5.75 Å². The normalized spacial score (nSPS) is 19.3. The van der Waals surface area contributed by atoms with Crippen LogP contribution in [-0.2, 0) is 9.84 Å². The standard InChI is InChI=1S/C16H21N3O2S/c1-2-22(20,21)16-8-6-14(7-9-16)18-11-3-5-15(13-18)19-12-4-10-17-19/h4,6-10,12,15H,2-3,5,11,13H2,1H3/t15-/m1/s1.